The highest BCUT2D eigenvalue weighted by Crippen LogP contribution is 2.22. The van der Waals surface area contributed by atoms with Gasteiger partial charge in [0.05, 0.1) is 5.69 Å². The Morgan fingerprint density at radius 1 is 1.14 bits per heavy atom. The first-order valence-corrected chi connectivity index (χ1v) is 10.8. The van der Waals surface area contributed by atoms with Gasteiger partial charge in [-0.25, -0.2) is 4.98 Å². The molecule has 3 rings (SSSR count). The molecule has 0 aliphatic heterocycles. The van der Waals surface area contributed by atoms with Gasteiger partial charge in [0.2, 0.25) is 5.88 Å². The van der Waals surface area contributed by atoms with Gasteiger partial charge in [0.25, 0.3) is 0 Å². The lowest BCUT2D eigenvalue weighted by molar-refractivity contribution is 0.148. The molecular weight excluding hydrogens is 366 g/mol. The predicted molar refractivity (Wildman–Crippen MR) is 114 cm³/mol. The van der Waals surface area contributed by atoms with Gasteiger partial charge in [-0.3, -0.25) is 4.99 Å². The molecule has 0 aromatic carbocycles. The van der Waals surface area contributed by atoms with Crippen LogP contribution in [-0.4, -0.2) is 29.3 Å². The van der Waals surface area contributed by atoms with E-state index in [-0.39, 0.29) is 0 Å². The summed E-state index contributed by atoms with van der Waals surface area (Å²) in [6.45, 7) is 5.44. The molecule has 0 atom stereocenters. The van der Waals surface area contributed by atoms with Crippen LogP contribution in [0.4, 0.5) is 0 Å². The molecule has 29 heavy (non-hydrogen) atoms. The summed E-state index contributed by atoms with van der Waals surface area (Å²) >= 11 is 0. The molecule has 1 fully saturated rings. The lowest BCUT2D eigenvalue weighted by atomic mass is 9.98. The Morgan fingerprint density at radius 3 is 2.59 bits per heavy atom. The highest BCUT2D eigenvalue weighted by molar-refractivity contribution is 5.79. The van der Waals surface area contributed by atoms with Crippen molar-refractivity contribution in [1.82, 2.24) is 20.8 Å². The van der Waals surface area contributed by atoms with Gasteiger partial charge in [-0.05, 0) is 37.7 Å². The maximum absolute atomic E-state index is 6.00. The van der Waals surface area contributed by atoms with Crippen molar-refractivity contribution >= 4 is 5.96 Å². The van der Waals surface area contributed by atoms with Crippen LogP contribution >= 0.6 is 0 Å². The van der Waals surface area contributed by atoms with Crippen molar-refractivity contribution in [2.24, 2.45) is 4.99 Å². The van der Waals surface area contributed by atoms with Crippen molar-refractivity contribution in [1.29, 1.82) is 0 Å². The minimum atomic E-state index is 0.321. The number of nitrogens with zero attached hydrogens (tertiary/aromatic N) is 3. The molecule has 2 aromatic heterocycles. The molecule has 7 heteroatoms. The molecule has 0 amide bonds. The molecule has 0 unspecified atom stereocenters. The molecule has 7 nitrogen and oxygen atoms in total. The summed E-state index contributed by atoms with van der Waals surface area (Å²) in [5.74, 6) is 2.38. The topological polar surface area (TPSA) is 84.6 Å². The van der Waals surface area contributed by atoms with Crippen LogP contribution in [0.1, 0.15) is 68.5 Å². The number of hydrogen-bond donors (Lipinski definition) is 2. The van der Waals surface area contributed by atoms with Gasteiger partial charge in [0, 0.05) is 44.4 Å². The van der Waals surface area contributed by atoms with Crippen LogP contribution < -0.4 is 15.4 Å². The fraction of sp³-hybridized carbons (Fsp3) is 0.591. The predicted octanol–water partition coefficient (Wildman–Crippen LogP) is 3.77. The summed E-state index contributed by atoms with van der Waals surface area (Å²) in [4.78, 5) is 8.77. The zero-order valence-corrected chi connectivity index (χ0v) is 17.8. The number of pyridine rings is 1. The van der Waals surface area contributed by atoms with Crippen molar-refractivity contribution in [3.63, 3.8) is 0 Å². The summed E-state index contributed by atoms with van der Waals surface area (Å²) < 4.78 is 11.4. The SMILES string of the molecule is CCc1noc(CC)c1CNC(=NC)NCc1ccc(OC2CCCCC2)nc1. The standard InChI is InChI=1S/C22H33N5O2/c1-4-19-18(20(5-2)29-27-19)15-26-22(23-3)25-14-16-11-12-21(24-13-16)28-17-9-7-6-8-10-17/h11-13,17H,4-10,14-15H2,1-3H3,(H2,23,25,26). The lowest BCUT2D eigenvalue weighted by Crippen LogP contribution is -2.36. The van der Waals surface area contributed by atoms with Crippen LogP contribution in [0.15, 0.2) is 27.8 Å². The van der Waals surface area contributed by atoms with Crippen LogP contribution in [0, 0.1) is 0 Å². The van der Waals surface area contributed by atoms with Crippen molar-refractivity contribution in [2.45, 2.75) is 78.0 Å². The van der Waals surface area contributed by atoms with Gasteiger partial charge in [-0.1, -0.05) is 31.5 Å². The average Bonchev–Trinajstić information content (AvgIpc) is 3.17. The van der Waals surface area contributed by atoms with Crippen molar-refractivity contribution < 1.29 is 9.26 Å². The Labute approximate surface area is 173 Å². The second-order valence-electron chi connectivity index (χ2n) is 7.40. The van der Waals surface area contributed by atoms with Gasteiger partial charge >= 0.3 is 0 Å². The zero-order chi connectivity index (χ0) is 20.5. The van der Waals surface area contributed by atoms with Crippen LogP contribution in [-0.2, 0) is 25.9 Å². The third-order valence-corrected chi connectivity index (χ3v) is 5.36. The summed E-state index contributed by atoms with van der Waals surface area (Å²) in [6.07, 6.45) is 9.98. The Kier molecular flexibility index (Phi) is 7.90. The van der Waals surface area contributed by atoms with E-state index < -0.39 is 0 Å². The summed E-state index contributed by atoms with van der Waals surface area (Å²) in [5, 5.41) is 10.8. The number of nitrogens with one attached hydrogen (secondary N) is 2. The highest BCUT2D eigenvalue weighted by atomic mass is 16.5. The van der Waals surface area contributed by atoms with E-state index in [2.05, 4.69) is 45.7 Å². The van der Waals surface area contributed by atoms with Gasteiger partial charge in [-0.15, -0.1) is 0 Å². The molecule has 0 radical (unpaired) electrons. The van der Waals surface area contributed by atoms with Gasteiger partial charge in [-0.2, -0.15) is 0 Å². The molecule has 2 aromatic rings. The van der Waals surface area contributed by atoms with Gasteiger partial charge in [0.1, 0.15) is 11.9 Å². The number of hydrogen-bond acceptors (Lipinski definition) is 5. The first kappa shape index (κ1) is 21.1. The fourth-order valence-corrected chi connectivity index (χ4v) is 3.66. The molecule has 2 N–H and O–H groups in total. The fourth-order valence-electron chi connectivity index (χ4n) is 3.66. The van der Waals surface area contributed by atoms with Crippen LogP contribution in [0.25, 0.3) is 0 Å². The number of aliphatic imine (C=N–C) groups is 1. The van der Waals surface area contributed by atoms with Gasteiger partial charge < -0.3 is 19.9 Å². The number of aryl methyl sites for hydroxylation is 2. The second-order valence-corrected chi connectivity index (χ2v) is 7.40. The normalized spacial score (nSPS) is 15.3. The molecule has 1 aliphatic rings. The summed E-state index contributed by atoms with van der Waals surface area (Å²) in [6, 6.07) is 4.01. The maximum Gasteiger partial charge on any atom is 0.213 e. The van der Waals surface area contributed by atoms with Crippen molar-refractivity contribution in [3.05, 3.63) is 40.9 Å². The Bertz CT molecular complexity index is 758. The minimum absolute atomic E-state index is 0.321. The maximum atomic E-state index is 6.00. The first-order chi connectivity index (χ1) is 14.2. The number of aromatic nitrogens is 2. The third kappa shape index (κ3) is 5.95. The first-order valence-electron chi connectivity index (χ1n) is 10.8. The smallest absolute Gasteiger partial charge is 0.213 e. The summed E-state index contributed by atoms with van der Waals surface area (Å²) in [7, 11) is 1.77. The number of ether oxygens (including phenoxy) is 1. The summed E-state index contributed by atoms with van der Waals surface area (Å²) in [5.41, 5.74) is 3.21. The van der Waals surface area contributed by atoms with Crippen LogP contribution in [0.2, 0.25) is 0 Å². The molecule has 0 spiro atoms. The molecule has 2 heterocycles. The van der Waals surface area contributed by atoms with Crippen LogP contribution in [0.3, 0.4) is 0 Å². The minimum Gasteiger partial charge on any atom is -0.474 e. The van der Waals surface area contributed by atoms with E-state index in [1.807, 2.05) is 12.3 Å². The van der Waals surface area contributed by atoms with Crippen molar-refractivity contribution in [2.75, 3.05) is 7.05 Å². The Hall–Kier alpha value is -2.57. The molecule has 1 saturated carbocycles. The van der Waals surface area contributed by atoms with E-state index in [9.17, 15) is 0 Å². The van der Waals surface area contributed by atoms with Crippen molar-refractivity contribution in [3.8, 4) is 5.88 Å². The van der Waals surface area contributed by atoms with Gasteiger partial charge in [0.15, 0.2) is 5.96 Å². The quantitative estimate of drug-likeness (QED) is 0.519. The average molecular weight is 400 g/mol. The monoisotopic (exact) mass is 399 g/mol. The van der Waals surface area contributed by atoms with E-state index in [0.29, 0.717) is 19.2 Å². The van der Waals surface area contributed by atoms with E-state index >= 15 is 0 Å². The largest absolute Gasteiger partial charge is 0.474 e. The van der Waals surface area contributed by atoms with E-state index in [1.165, 1.54) is 19.3 Å². The molecule has 1 aliphatic carbocycles. The lowest BCUT2D eigenvalue weighted by Gasteiger charge is -2.22. The molecule has 0 saturated heterocycles. The van der Waals surface area contributed by atoms with E-state index in [1.54, 1.807) is 7.05 Å². The highest BCUT2D eigenvalue weighted by Gasteiger charge is 2.15. The number of rotatable bonds is 8. The zero-order valence-electron chi connectivity index (χ0n) is 17.8. The second kappa shape index (κ2) is 10.8. The Balaban J connectivity index is 1.48. The Morgan fingerprint density at radius 2 is 1.93 bits per heavy atom. The van der Waals surface area contributed by atoms with E-state index in [0.717, 1.165) is 60.1 Å². The molecular formula is C22H33N5O2. The third-order valence-electron chi connectivity index (χ3n) is 5.36. The van der Waals surface area contributed by atoms with Crippen LogP contribution in [0.5, 0.6) is 5.88 Å². The molecule has 158 valence electrons. The number of guanidine groups is 1. The van der Waals surface area contributed by atoms with E-state index in [4.69, 9.17) is 9.26 Å². The molecule has 0 bridgehead atoms.